The van der Waals surface area contributed by atoms with E-state index < -0.39 is 5.60 Å². The molecule has 0 aromatic heterocycles. The maximum atomic E-state index is 6.41. The SMILES string of the molecule is C=C(CC)C/C(N)=C1/N=C(c2ccc(C3CCC(CN)CC3)cc2)C(C)(C)OC1=NC. The summed E-state index contributed by atoms with van der Waals surface area (Å²) in [5, 5.41) is 0. The number of hydrogen-bond acceptors (Lipinski definition) is 5. The van der Waals surface area contributed by atoms with Gasteiger partial charge in [0.25, 0.3) is 0 Å². The van der Waals surface area contributed by atoms with Crippen LogP contribution in [0.15, 0.2) is 57.8 Å². The topological polar surface area (TPSA) is 86.0 Å². The van der Waals surface area contributed by atoms with Crippen LogP contribution in [0.4, 0.5) is 0 Å². The largest absolute Gasteiger partial charge is 0.464 e. The first-order chi connectivity index (χ1) is 14.8. The van der Waals surface area contributed by atoms with Crippen LogP contribution in [0.2, 0.25) is 0 Å². The number of nitrogens with two attached hydrogens (primary N) is 2. The van der Waals surface area contributed by atoms with E-state index in [1.54, 1.807) is 7.05 Å². The highest BCUT2D eigenvalue weighted by Crippen LogP contribution is 2.36. The molecule has 1 heterocycles. The normalized spacial score (nSPS) is 26.2. The van der Waals surface area contributed by atoms with Crippen molar-refractivity contribution in [1.29, 1.82) is 0 Å². The number of allylic oxidation sites excluding steroid dienone is 1. The molecule has 0 bridgehead atoms. The van der Waals surface area contributed by atoms with Crippen molar-refractivity contribution in [2.24, 2.45) is 27.4 Å². The van der Waals surface area contributed by atoms with Crippen LogP contribution >= 0.6 is 0 Å². The third-order valence-electron chi connectivity index (χ3n) is 6.63. The predicted octanol–water partition coefficient (Wildman–Crippen LogP) is 5.07. The van der Waals surface area contributed by atoms with Crippen LogP contribution in [0.3, 0.4) is 0 Å². The Morgan fingerprint density at radius 3 is 2.39 bits per heavy atom. The Labute approximate surface area is 187 Å². The molecule has 1 fully saturated rings. The summed E-state index contributed by atoms with van der Waals surface area (Å²) in [5.74, 6) is 1.81. The van der Waals surface area contributed by atoms with Gasteiger partial charge in [0.15, 0.2) is 0 Å². The van der Waals surface area contributed by atoms with Gasteiger partial charge in [0.05, 0.1) is 5.71 Å². The van der Waals surface area contributed by atoms with E-state index in [4.69, 9.17) is 21.2 Å². The highest BCUT2D eigenvalue weighted by Gasteiger charge is 2.36. The fourth-order valence-corrected chi connectivity index (χ4v) is 4.53. The Morgan fingerprint density at radius 1 is 1.19 bits per heavy atom. The molecule has 5 nitrogen and oxygen atoms in total. The molecule has 1 aromatic rings. The van der Waals surface area contributed by atoms with Gasteiger partial charge in [0.1, 0.15) is 11.3 Å². The molecular formula is C26H38N4O. The molecule has 0 amide bonds. The molecule has 1 aromatic carbocycles. The van der Waals surface area contributed by atoms with Crippen molar-refractivity contribution in [2.45, 2.75) is 70.8 Å². The average molecular weight is 423 g/mol. The maximum absolute atomic E-state index is 6.41. The Hall–Kier alpha value is -2.40. The molecule has 1 saturated carbocycles. The van der Waals surface area contributed by atoms with Gasteiger partial charge in [-0.3, -0.25) is 4.99 Å². The number of rotatable bonds is 6. The highest BCUT2D eigenvalue weighted by atomic mass is 16.5. The Bertz CT molecular complexity index is 884. The van der Waals surface area contributed by atoms with Crippen LogP contribution in [-0.2, 0) is 4.74 Å². The molecule has 4 N–H and O–H groups in total. The van der Waals surface area contributed by atoms with E-state index in [1.165, 1.54) is 31.2 Å². The minimum Gasteiger partial charge on any atom is -0.464 e. The zero-order chi connectivity index (χ0) is 22.6. The van der Waals surface area contributed by atoms with Gasteiger partial charge in [-0.25, -0.2) is 4.99 Å². The van der Waals surface area contributed by atoms with Gasteiger partial charge in [-0.2, -0.15) is 0 Å². The summed E-state index contributed by atoms with van der Waals surface area (Å²) >= 11 is 0. The lowest BCUT2D eigenvalue weighted by Crippen LogP contribution is -2.42. The summed E-state index contributed by atoms with van der Waals surface area (Å²) in [7, 11) is 1.71. The molecule has 168 valence electrons. The number of nitrogens with zero attached hydrogens (tertiary/aromatic N) is 2. The molecule has 0 radical (unpaired) electrons. The van der Waals surface area contributed by atoms with E-state index in [1.807, 2.05) is 13.8 Å². The number of ether oxygens (including phenoxy) is 1. The molecule has 5 heteroatoms. The van der Waals surface area contributed by atoms with Crippen molar-refractivity contribution in [3.8, 4) is 0 Å². The van der Waals surface area contributed by atoms with Gasteiger partial charge < -0.3 is 16.2 Å². The first kappa shape index (κ1) is 23.3. The van der Waals surface area contributed by atoms with Crippen LogP contribution in [-0.4, -0.2) is 30.8 Å². The summed E-state index contributed by atoms with van der Waals surface area (Å²) in [6.45, 7) is 11.0. The van der Waals surface area contributed by atoms with E-state index in [0.29, 0.717) is 35.5 Å². The molecule has 0 spiro atoms. The van der Waals surface area contributed by atoms with Crippen LogP contribution in [0, 0.1) is 5.92 Å². The zero-order valence-corrected chi connectivity index (χ0v) is 19.6. The summed E-state index contributed by atoms with van der Waals surface area (Å²) in [5.41, 5.74) is 17.3. The lowest BCUT2D eigenvalue weighted by molar-refractivity contribution is 0.163. The van der Waals surface area contributed by atoms with Crippen molar-refractivity contribution in [3.05, 3.63) is 58.9 Å². The predicted molar refractivity (Wildman–Crippen MR) is 131 cm³/mol. The molecule has 2 aliphatic rings. The lowest BCUT2D eigenvalue weighted by Gasteiger charge is -2.34. The van der Waals surface area contributed by atoms with Crippen molar-refractivity contribution in [2.75, 3.05) is 13.6 Å². The molecule has 0 saturated heterocycles. The van der Waals surface area contributed by atoms with Crippen LogP contribution in [0.5, 0.6) is 0 Å². The van der Waals surface area contributed by atoms with Gasteiger partial charge in [0, 0.05) is 24.7 Å². The third-order valence-corrected chi connectivity index (χ3v) is 6.63. The highest BCUT2D eigenvalue weighted by molar-refractivity contribution is 6.13. The number of hydrogen-bond donors (Lipinski definition) is 2. The van der Waals surface area contributed by atoms with Gasteiger partial charge in [-0.05, 0) is 69.9 Å². The van der Waals surface area contributed by atoms with Crippen LogP contribution < -0.4 is 11.5 Å². The second kappa shape index (κ2) is 9.82. The first-order valence-corrected chi connectivity index (χ1v) is 11.5. The molecule has 0 atom stereocenters. The van der Waals surface area contributed by atoms with Crippen LogP contribution in [0.25, 0.3) is 0 Å². The van der Waals surface area contributed by atoms with Gasteiger partial charge in [-0.1, -0.05) is 43.3 Å². The summed E-state index contributed by atoms with van der Waals surface area (Å²) < 4.78 is 6.25. The average Bonchev–Trinajstić information content (AvgIpc) is 2.78. The first-order valence-electron chi connectivity index (χ1n) is 11.5. The summed E-state index contributed by atoms with van der Waals surface area (Å²) in [6, 6.07) is 8.83. The molecular weight excluding hydrogens is 384 g/mol. The summed E-state index contributed by atoms with van der Waals surface area (Å²) in [4.78, 5) is 9.27. The minimum absolute atomic E-state index is 0.489. The quantitative estimate of drug-likeness (QED) is 0.627. The van der Waals surface area contributed by atoms with E-state index >= 15 is 0 Å². The van der Waals surface area contributed by atoms with Crippen molar-refractivity contribution in [1.82, 2.24) is 0 Å². The van der Waals surface area contributed by atoms with E-state index in [0.717, 1.165) is 29.8 Å². The zero-order valence-electron chi connectivity index (χ0n) is 19.6. The third kappa shape index (κ3) is 5.27. The second-order valence-corrected chi connectivity index (χ2v) is 9.33. The fourth-order valence-electron chi connectivity index (χ4n) is 4.53. The Kier molecular flexibility index (Phi) is 7.37. The van der Waals surface area contributed by atoms with Crippen molar-refractivity contribution in [3.63, 3.8) is 0 Å². The standard InChI is InChI=1S/C26H38N4O/c1-6-17(2)15-22(28)23-25(29-5)31-26(3,4)24(30-23)21-13-11-20(12-14-21)19-9-7-18(16-27)8-10-19/h11-14,18-19H,2,6-10,15-16,27-28H2,1,3-5H3/b23-22-,29-25?. The number of aliphatic imine (C=N–C) groups is 2. The smallest absolute Gasteiger partial charge is 0.237 e. The summed E-state index contributed by atoms with van der Waals surface area (Å²) in [6.07, 6.45) is 6.37. The van der Waals surface area contributed by atoms with E-state index in [9.17, 15) is 0 Å². The minimum atomic E-state index is -0.596. The molecule has 3 rings (SSSR count). The van der Waals surface area contributed by atoms with E-state index in [-0.39, 0.29) is 0 Å². The molecule has 0 unspecified atom stereocenters. The lowest BCUT2D eigenvalue weighted by atomic mass is 9.78. The molecule has 31 heavy (non-hydrogen) atoms. The Balaban J connectivity index is 1.90. The van der Waals surface area contributed by atoms with E-state index in [2.05, 4.69) is 42.8 Å². The fraction of sp³-hybridized carbons (Fsp3) is 0.538. The monoisotopic (exact) mass is 422 g/mol. The molecule has 1 aliphatic carbocycles. The van der Waals surface area contributed by atoms with Gasteiger partial charge >= 0.3 is 0 Å². The van der Waals surface area contributed by atoms with Crippen LogP contribution in [0.1, 0.15) is 76.3 Å². The van der Waals surface area contributed by atoms with Crippen molar-refractivity contribution >= 4 is 11.6 Å². The molecule has 1 aliphatic heterocycles. The van der Waals surface area contributed by atoms with Gasteiger partial charge in [0.2, 0.25) is 5.90 Å². The van der Waals surface area contributed by atoms with Crippen molar-refractivity contribution < 1.29 is 4.74 Å². The second-order valence-electron chi connectivity index (χ2n) is 9.33. The Morgan fingerprint density at radius 2 is 1.84 bits per heavy atom. The maximum Gasteiger partial charge on any atom is 0.237 e. The van der Waals surface area contributed by atoms with Gasteiger partial charge in [-0.15, -0.1) is 0 Å². The number of benzene rings is 1.